The number of pyridine rings is 1. The average molecular weight is 385 g/mol. The van der Waals surface area contributed by atoms with E-state index in [1.807, 2.05) is 47.0 Å². The summed E-state index contributed by atoms with van der Waals surface area (Å²) in [4.78, 5) is 13.4. The van der Waals surface area contributed by atoms with Crippen LogP contribution in [0.1, 0.15) is 5.56 Å². The van der Waals surface area contributed by atoms with E-state index in [0.29, 0.717) is 6.54 Å². The maximum absolute atomic E-state index is 13.4. The standard InChI is InChI=1S/C28H19NO/c30-28-25-11-4-3-9-23(25)24-10-5-6-12-27(24)29(28)18-19-13-14-21-16-15-20-7-1-2-8-22(20)26(21)17-19/h1-17H,18H2. The van der Waals surface area contributed by atoms with Gasteiger partial charge < -0.3 is 4.57 Å². The fraction of sp³-hybridized carbons (Fsp3) is 0.0357. The van der Waals surface area contributed by atoms with E-state index in [1.54, 1.807) is 0 Å². The summed E-state index contributed by atoms with van der Waals surface area (Å²) < 4.78 is 1.91. The molecule has 0 atom stereocenters. The first kappa shape index (κ1) is 17.0. The Morgan fingerprint density at radius 3 is 1.97 bits per heavy atom. The Morgan fingerprint density at radius 2 is 1.13 bits per heavy atom. The number of nitrogens with zero attached hydrogens (tertiary/aromatic N) is 1. The molecule has 0 saturated carbocycles. The number of rotatable bonds is 2. The molecule has 2 heteroatoms. The highest BCUT2D eigenvalue weighted by Crippen LogP contribution is 2.27. The molecule has 0 N–H and O–H groups in total. The third-order valence-electron chi connectivity index (χ3n) is 6.04. The van der Waals surface area contributed by atoms with Gasteiger partial charge in [-0.15, -0.1) is 0 Å². The summed E-state index contributed by atoms with van der Waals surface area (Å²) in [6.45, 7) is 0.545. The zero-order chi connectivity index (χ0) is 20.1. The van der Waals surface area contributed by atoms with Gasteiger partial charge in [0, 0.05) is 10.8 Å². The molecule has 0 aliphatic carbocycles. The van der Waals surface area contributed by atoms with Crippen LogP contribution in [-0.2, 0) is 6.54 Å². The molecule has 0 saturated heterocycles. The van der Waals surface area contributed by atoms with Crippen LogP contribution in [0.4, 0.5) is 0 Å². The Balaban J connectivity index is 1.60. The van der Waals surface area contributed by atoms with Crippen molar-refractivity contribution in [2.45, 2.75) is 6.54 Å². The number of fused-ring (bicyclic) bond motifs is 6. The van der Waals surface area contributed by atoms with Gasteiger partial charge in [0.2, 0.25) is 0 Å². The summed E-state index contributed by atoms with van der Waals surface area (Å²) in [6, 6.07) is 35.4. The first-order valence-corrected chi connectivity index (χ1v) is 10.2. The quantitative estimate of drug-likeness (QED) is 0.311. The van der Waals surface area contributed by atoms with Crippen molar-refractivity contribution in [2.75, 3.05) is 0 Å². The molecule has 142 valence electrons. The van der Waals surface area contributed by atoms with E-state index in [9.17, 15) is 4.79 Å². The molecule has 5 aromatic carbocycles. The third-order valence-corrected chi connectivity index (χ3v) is 6.04. The molecule has 6 rings (SSSR count). The highest BCUT2D eigenvalue weighted by Gasteiger charge is 2.11. The Bertz CT molecular complexity index is 1640. The minimum Gasteiger partial charge on any atom is -0.303 e. The third kappa shape index (κ3) is 2.54. The fourth-order valence-corrected chi connectivity index (χ4v) is 4.58. The smallest absolute Gasteiger partial charge is 0.259 e. The van der Waals surface area contributed by atoms with Crippen molar-refractivity contribution in [2.24, 2.45) is 0 Å². The largest absolute Gasteiger partial charge is 0.303 e. The minimum atomic E-state index is 0.0577. The molecule has 30 heavy (non-hydrogen) atoms. The molecular formula is C28H19NO. The van der Waals surface area contributed by atoms with Crippen molar-refractivity contribution in [3.05, 3.63) is 119 Å². The molecule has 0 aliphatic rings. The van der Waals surface area contributed by atoms with E-state index in [2.05, 4.69) is 60.7 Å². The van der Waals surface area contributed by atoms with Gasteiger partial charge in [-0.25, -0.2) is 0 Å². The van der Waals surface area contributed by atoms with Crippen LogP contribution in [0, 0.1) is 0 Å². The second-order valence-corrected chi connectivity index (χ2v) is 7.80. The highest BCUT2D eigenvalue weighted by molar-refractivity contribution is 6.08. The van der Waals surface area contributed by atoms with Gasteiger partial charge in [-0.2, -0.15) is 0 Å². The van der Waals surface area contributed by atoms with E-state index >= 15 is 0 Å². The van der Waals surface area contributed by atoms with Gasteiger partial charge in [-0.3, -0.25) is 4.79 Å². The molecule has 1 heterocycles. The molecule has 0 unspecified atom stereocenters. The highest BCUT2D eigenvalue weighted by atomic mass is 16.1. The van der Waals surface area contributed by atoms with E-state index in [0.717, 1.165) is 27.2 Å². The number of aromatic nitrogens is 1. The number of benzene rings is 5. The van der Waals surface area contributed by atoms with Crippen LogP contribution in [0.2, 0.25) is 0 Å². The molecule has 0 fully saturated rings. The lowest BCUT2D eigenvalue weighted by Crippen LogP contribution is -2.21. The van der Waals surface area contributed by atoms with Gasteiger partial charge in [0.15, 0.2) is 0 Å². The predicted molar refractivity (Wildman–Crippen MR) is 126 cm³/mol. The summed E-state index contributed by atoms with van der Waals surface area (Å²) in [5, 5.41) is 7.81. The SMILES string of the molecule is O=c1c2ccccc2c2ccccc2n1Cc1ccc2ccc3ccccc3c2c1. The van der Waals surface area contributed by atoms with Gasteiger partial charge in [0.1, 0.15) is 0 Å². The zero-order valence-electron chi connectivity index (χ0n) is 16.4. The van der Waals surface area contributed by atoms with Gasteiger partial charge >= 0.3 is 0 Å². The number of hydrogen-bond acceptors (Lipinski definition) is 1. The summed E-state index contributed by atoms with van der Waals surface area (Å²) in [6.07, 6.45) is 0. The predicted octanol–water partition coefficient (Wildman–Crippen LogP) is 6.51. The normalized spacial score (nSPS) is 11.6. The van der Waals surface area contributed by atoms with Crippen molar-refractivity contribution >= 4 is 43.2 Å². The fourth-order valence-electron chi connectivity index (χ4n) is 4.58. The second kappa shape index (κ2) is 6.57. The Morgan fingerprint density at radius 1 is 0.533 bits per heavy atom. The monoisotopic (exact) mass is 385 g/mol. The lowest BCUT2D eigenvalue weighted by molar-refractivity contribution is 0.804. The molecule has 0 amide bonds. The second-order valence-electron chi connectivity index (χ2n) is 7.80. The average Bonchev–Trinajstić information content (AvgIpc) is 2.81. The minimum absolute atomic E-state index is 0.0577. The Hall–Kier alpha value is -3.91. The van der Waals surface area contributed by atoms with Gasteiger partial charge in [0.05, 0.1) is 12.1 Å². The van der Waals surface area contributed by atoms with E-state index in [-0.39, 0.29) is 5.56 Å². The molecule has 0 bridgehead atoms. The van der Waals surface area contributed by atoms with Crippen LogP contribution >= 0.6 is 0 Å². The van der Waals surface area contributed by atoms with Gasteiger partial charge in [-0.1, -0.05) is 84.9 Å². The Kier molecular flexibility index (Phi) is 3.72. The summed E-state index contributed by atoms with van der Waals surface area (Å²) in [5.41, 5.74) is 2.16. The lowest BCUT2D eigenvalue weighted by atomic mass is 10.00. The molecule has 0 aliphatic heterocycles. The molecule has 6 aromatic rings. The van der Waals surface area contributed by atoms with Crippen molar-refractivity contribution in [3.63, 3.8) is 0 Å². The molecular weight excluding hydrogens is 366 g/mol. The molecule has 1 aromatic heterocycles. The number of hydrogen-bond donors (Lipinski definition) is 0. The summed E-state index contributed by atoms with van der Waals surface area (Å²) in [5.74, 6) is 0. The van der Waals surface area contributed by atoms with E-state index in [1.165, 1.54) is 21.5 Å². The van der Waals surface area contributed by atoms with Crippen molar-refractivity contribution in [1.82, 2.24) is 4.57 Å². The zero-order valence-corrected chi connectivity index (χ0v) is 16.4. The first-order chi connectivity index (χ1) is 14.8. The van der Waals surface area contributed by atoms with Crippen LogP contribution in [0.5, 0.6) is 0 Å². The van der Waals surface area contributed by atoms with Crippen LogP contribution in [0.25, 0.3) is 43.2 Å². The first-order valence-electron chi connectivity index (χ1n) is 10.2. The van der Waals surface area contributed by atoms with Gasteiger partial charge in [-0.05, 0) is 50.7 Å². The van der Waals surface area contributed by atoms with Crippen LogP contribution in [0.15, 0.2) is 108 Å². The van der Waals surface area contributed by atoms with Crippen molar-refractivity contribution < 1.29 is 0 Å². The Labute approximate surface area is 173 Å². The molecule has 2 nitrogen and oxygen atoms in total. The summed E-state index contributed by atoms with van der Waals surface area (Å²) in [7, 11) is 0. The van der Waals surface area contributed by atoms with Crippen LogP contribution in [0.3, 0.4) is 0 Å². The molecule has 0 spiro atoms. The van der Waals surface area contributed by atoms with Crippen LogP contribution in [-0.4, -0.2) is 4.57 Å². The van der Waals surface area contributed by atoms with Crippen molar-refractivity contribution in [1.29, 1.82) is 0 Å². The van der Waals surface area contributed by atoms with E-state index in [4.69, 9.17) is 0 Å². The van der Waals surface area contributed by atoms with Crippen LogP contribution < -0.4 is 5.56 Å². The topological polar surface area (TPSA) is 22.0 Å². The summed E-state index contributed by atoms with van der Waals surface area (Å²) >= 11 is 0. The van der Waals surface area contributed by atoms with E-state index < -0.39 is 0 Å². The molecule has 0 radical (unpaired) electrons. The lowest BCUT2D eigenvalue weighted by Gasteiger charge is -2.14. The number of para-hydroxylation sites is 1. The van der Waals surface area contributed by atoms with Crippen molar-refractivity contribution in [3.8, 4) is 0 Å². The van der Waals surface area contributed by atoms with Gasteiger partial charge in [0.25, 0.3) is 5.56 Å². The maximum atomic E-state index is 13.4. The maximum Gasteiger partial charge on any atom is 0.259 e.